The number of amides is 1. The Morgan fingerprint density at radius 1 is 1.21 bits per heavy atom. The van der Waals surface area contributed by atoms with E-state index in [1.165, 1.54) is 0 Å². The van der Waals surface area contributed by atoms with Crippen LogP contribution in [0.3, 0.4) is 0 Å². The molecule has 144 valence electrons. The van der Waals surface area contributed by atoms with Gasteiger partial charge in [0, 0.05) is 24.3 Å². The maximum Gasteiger partial charge on any atom is 0.252 e. The van der Waals surface area contributed by atoms with Crippen LogP contribution in [0.15, 0.2) is 59.1 Å². The van der Waals surface area contributed by atoms with E-state index in [4.69, 9.17) is 13.9 Å². The van der Waals surface area contributed by atoms with Crippen LogP contribution >= 0.6 is 0 Å². The van der Waals surface area contributed by atoms with Crippen molar-refractivity contribution in [3.05, 3.63) is 60.3 Å². The average Bonchev–Trinajstić information content (AvgIpc) is 3.44. The van der Waals surface area contributed by atoms with Gasteiger partial charge < -0.3 is 19.2 Å². The van der Waals surface area contributed by atoms with Crippen LogP contribution in [0, 0.1) is 0 Å². The number of carbonyl (C=O) groups excluding carboxylic acids is 1. The van der Waals surface area contributed by atoms with Gasteiger partial charge in [0.15, 0.2) is 5.76 Å². The summed E-state index contributed by atoms with van der Waals surface area (Å²) in [5.74, 6) is 1.66. The van der Waals surface area contributed by atoms with Gasteiger partial charge in [0.1, 0.15) is 5.75 Å². The number of carbonyl (C=O) groups is 1. The van der Waals surface area contributed by atoms with Crippen LogP contribution in [0.5, 0.6) is 5.75 Å². The van der Waals surface area contributed by atoms with Crippen molar-refractivity contribution in [1.82, 2.24) is 10.3 Å². The predicted molar refractivity (Wildman–Crippen MR) is 105 cm³/mol. The molecule has 1 aliphatic heterocycles. The third-order valence-electron chi connectivity index (χ3n) is 4.80. The summed E-state index contributed by atoms with van der Waals surface area (Å²) in [4.78, 5) is 17.1. The summed E-state index contributed by atoms with van der Waals surface area (Å²) in [5.41, 5.74) is 2.08. The lowest BCUT2D eigenvalue weighted by molar-refractivity contribution is 0.0858. The Kier molecular flexibility index (Phi) is 5.39. The molecule has 2 heterocycles. The fraction of sp³-hybridized carbons (Fsp3) is 0.273. The van der Waals surface area contributed by atoms with E-state index in [0.29, 0.717) is 29.3 Å². The highest BCUT2D eigenvalue weighted by Crippen LogP contribution is 2.29. The van der Waals surface area contributed by atoms with Gasteiger partial charge in [-0.2, -0.15) is 0 Å². The molecule has 0 saturated carbocycles. The summed E-state index contributed by atoms with van der Waals surface area (Å²) in [6.07, 6.45) is 3.78. The zero-order chi connectivity index (χ0) is 19.3. The number of aromatic nitrogens is 1. The third-order valence-corrected chi connectivity index (χ3v) is 4.80. The van der Waals surface area contributed by atoms with E-state index in [9.17, 15) is 4.79 Å². The number of nitrogens with zero attached hydrogens (tertiary/aromatic N) is 1. The molecule has 4 rings (SSSR count). The van der Waals surface area contributed by atoms with Crippen LogP contribution < -0.4 is 10.1 Å². The monoisotopic (exact) mass is 378 g/mol. The molecule has 6 nitrogen and oxygen atoms in total. The van der Waals surface area contributed by atoms with Crippen LogP contribution in [-0.2, 0) is 4.74 Å². The lowest BCUT2D eigenvalue weighted by atomic mass is 10.1. The van der Waals surface area contributed by atoms with Crippen LogP contribution in [0.2, 0.25) is 0 Å². The van der Waals surface area contributed by atoms with Crippen LogP contribution in [0.25, 0.3) is 22.8 Å². The van der Waals surface area contributed by atoms with Crippen molar-refractivity contribution in [1.29, 1.82) is 0 Å². The van der Waals surface area contributed by atoms with E-state index in [1.54, 1.807) is 19.4 Å². The van der Waals surface area contributed by atoms with Crippen molar-refractivity contribution in [2.75, 3.05) is 20.3 Å². The highest BCUT2D eigenvalue weighted by Gasteiger charge is 2.20. The van der Waals surface area contributed by atoms with E-state index in [2.05, 4.69) is 10.3 Å². The minimum Gasteiger partial charge on any atom is -0.497 e. The fourth-order valence-electron chi connectivity index (χ4n) is 3.26. The number of nitrogens with one attached hydrogen (secondary N) is 1. The molecule has 1 fully saturated rings. The number of ether oxygens (including phenoxy) is 2. The van der Waals surface area contributed by atoms with Crippen molar-refractivity contribution < 1.29 is 18.7 Å². The SMILES string of the molecule is COc1ccc(-c2cnc(-c3ccccc3C(=O)NC[C@H]3CCCO3)o2)cc1. The topological polar surface area (TPSA) is 73.6 Å². The molecule has 1 aliphatic rings. The summed E-state index contributed by atoms with van der Waals surface area (Å²) in [5, 5.41) is 2.95. The summed E-state index contributed by atoms with van der Waals surface area (Å²) >= 11 is 0. The predicted octanol–water partition coefficient (Wildman–Crippen LogP) is 3.93. The van der Waals surface area contributed by atoms with Crippen molar-refractivity contribution >= 4 is 5.91 Å². The molecule has 1 saturated heterocycles. The van der Waals surface area contributed by atoms with Gasteiger partial charge in [-0.05, 0) is 49.2 Å². The van der Waals surface area contributed by atoms with Crippen molar-refractivity contribution in [2.24, 2.45) is 0 Å². The Labute approximate surface area is 163 Å². The van der Waals surface area contributed by atoms with Crippen molar-refractivity contribution in [2.45, 2.75) is 18.9 Å². The first-order valence-electron chi connectivity index (χ1n) is 9.34. The summed E-state index contributed by atoms with van der Waals surface area (Å²) in [6, 6.07) is 14.9. The number of oxazole rings is 1. The molecule has 6 heteroatoms. The van der Waals surface area contributed by atoms with Crippen LogP contribution in [-0.4, -0.2) is 37.3 Å². The van der Waals surface area contributed by atoms with Gasteiger partial charge in [-0.15, -0.1) is 0 Å². The minimum atomic E-state index is -0.157. The Morgan fingerprint density at radius 3 is 2.79 bits per heavy atom. The number of rotatable bonds is 6. The average molecular weight is 378 g/mol. The first kappa shape index (κ1) is 18.3. The largest absolute Gasteiger partial charge is 0.497 e. The van der Waals surface area contributed by atoms with Crippen LogP contribution in [0.4, 0.5) is 0 Å². The molecule has 0 radical (unpaired) electrons. The highest BCUT2D eigenvalue weighted by molar-refractivity contribution is 6.00. The maximum atomic E-state index is 12.7. The van der Waals surface area contributed by atoms with Gasteiger partial charge in [-0.3, -0.25) is 4.79 Å². The molecular formula is C22H22N2O4. The Morgan fingerprint density at radius 2 is 2.04 bits per heavy atom. The van der Waals surface area contributed by atoms with E-state index >= 15 is 0 Å². The van der Waals surface area contributed by atoms with E-state index in [-0.39, 0.29) is 12.0 Å². The quantitative estimate of drug-likeness (QED) is 0.704. The Bertz CT molecular complexity index is 943. The minimum absolute atomic E-state index is 0.0968. The second kappa shape index (κ2) is 8.27. The molecule has 28 heavy (non-hydrogen) atoms. The van der Waals surface area contributed by atoms with Crippen molar-refractivity contribution in [3.8, 4) is 28.5 Å². The summed E-state index contributed by atoms with van der Waals surface area (Å²) < 4.78 is 16.7. The Balaban J connectivity index is 1.54. The second-order valence-electron chi connectivity index (χ2n) is 6.65. The third kappa shape index (κ3) is 3.92. The highest BCUT2D eigenvalue weighted by atomic mass is 16.5. The molecule has 1 N–H and O–H groups in total. The van der Waals surface area contributed by atoms with Gasteiger partial charge in [0.2, 0.25) is 5.89 Å². The van der Waals surface area contributed by atoms with E-state index in [0.717, 1.165) is 30.8 Å². The maximum absolute atomic E-state index is 12.7. The molecule has 3 aromatic rings. The van der Waals surface area contributed by atoms with Crippen molar-refractivity contribution in [3.63, 3.8) is 0 Å². The lowest BCUT2D eigenvalue weighted by Gasteiger charge is -2.12. The molecule has 1 atom stereocenters. The molecule has 1 aromatic heterocycles. The summed E-state index contributed by atoms with van der Waals surface area (Å²) in [6.45, 7) is 1.28. The number of hydrogen-bond donors (Lipinski definition) is 1. The van der Waals surface area contributed by atoms with E-state index < -0.39 is 0 Å². The van der Waals surface area contributed by atoms with Gasteiger partial charge in [-0.1, -0.05) is 12.1 Å². The van der Waals surface area contributed by atoms with Gasteiger partial charge >= 0.3 is 0 Å². The number of benzene rings is 2. The molecule has 1 amide bonds. The van der Waals surface area contributed by atoms with Crippen LogP contribution in [0.1, 0.15) is 23.2 Å². The normalized spacial score (nSPS) is 16.1. The summed E-state index contributed by atoms with van der Waals surface area (Å²) in [7, 11) is 1.63. The number of hydrogen-bond acceptors (Lipinski definition) is 5. The molecule has 2 aromatic carbocycles. The van der Waals surface area contributed by atoms with Gasteiger partial charge in [-0.25, -0.2) is 4.98 Å². The molecule has 0 aliphatic carbocycles. The molecule has 0 bridgehead atoms. The Hall–Kier alpha value is -3.12. The zero-order valence-corrected chi connectivity index (χ0v) is 15.7. The van der Waals surface area contributed by atoms with E-state index in [1.807, 2.05) is 42.5 Å². The first-order valence-corrected chi connectivity index (χ1v) is 9.34. The zero-order valence-electron chi connectivity index (χ0n) is 15.7. The first-order chi connectivity index (χ1) is 13.7. The molecule has 0 unspecified atom stereocenters. The molecule has 0 spiro atoms. The lowest BCUT2D eigenvalue weighted by Crippen LogP contribution is -2.32. The van der Waals surface area contributed by atoms with Gasteiger partial charge in [0.05, 0.1) is 25.0 Å². The fourth-order valence-corrected chi connectivity index (χ4v) is 3.26. The standard InChI is InChI=1S/C22H22N2O4/c1-26-16-10-8-15(9-11-16)20-14-24-22(28-20)19-7-3-2-6-18(19)21(25)23-13-17-5-4-12-27-17/h2-3,6-11,14,17H,4-5,12-13H2,1H3,(H,23,25)/t17-/m1/s1. The molecular weight excluding hydrogens is 356 g/mol. The van der Waals surface area contributed by atoms with Gasteiger partial charge in [0.25, 0.3) is 5.91 Å². The second-order valence-corrected chi connectivity index (χ2v) is 6.65. The number of methoxy groups -OCH3 is 1. The smallest absolute Gasteiger partial charge is 0.252 e.